The third-order valence-corrected chi connectivity index (χ3v) is 4.64. The van der Waals surface area contributed by atoms with Crippen molar-refractivity contribution in [2.45, 2.75) is 61.1 Å². The molecule has 29 heavy (non-hydrogen) atoms. The van der Waals surface area contributed by atoms with E-state index < -0.39 is 82.1 Å². The summed E-state index contributed by atoms with van der Waals surface area (Å²) in [7, 11) is -5.18. The number of phosphoric ester groups is 1. The maximum Gasteiger partial charge on any atom is 0.472 e. The Hall–Kier alpha value is -0.370. The fourth-order valence-electron chi connectivity index (χ4n) is 2.48. The Labute approximate surface area is 162 Å². The number of hydrogen-bond acceptors (Lipinski definition) is 14. The Morgan fingerprint density at radius 1 is 0.793 bits per heavy atom. The molecule has 0 amide bonds. The van der Waals surface area contributed by atoms with Crippen LogP contribution in [0.25, 0.3) is 0 Å². The fourth-order valence-corrected chi connectivity index (χ4v) is 3.09. The molecule has 17 heteroatoms. The van der Waals surface area contributed by atoms with E-state index in [0.717, 1.165) is 0 Å². The third-order valence-electron chi connectivity index (χ3n) is 4.10. The lowest BCUT2D eigenvalue weighted by Gasteiger charge is -2.45. The molecule has 0 spiro atoms. The molecule has 0 aromatic rings. The van der Waals surface area contributed by atoms with E-state index in [1.807, 2.05) is 0 Å². The molecule has 0 aliphatic carbocycles. The maximum absolute atomic E-state index is 10.6. The first kappa shape index (κ1) is 26.7. The molecule has 174 valence electrons. The first-order valence-electron chi connectivity index (χ1n) is 7.96. The zero-order chi connectivity index (χ0) is 22.7. The van der Waals surface area contributed by atoms with Gasteiger partial charge in [-0.05, 0) is 0 Å². The smallest absolute Gasteiger partial charge is 0.394 e. The fraction of sp³-hybridized carbons (Fsp3) is 1.00. The summed E-state index contributed by atoms with van der Waals surface area (Å²) in [6.07, 6.45) is -15.2. The summed E-state index contributed by atoms with van der Waals surface area (Å²) in [4.78, 5) is 17.2. The van der Waals surface area contributed by atoms with Crippen molar-refractivity contribution in [3.8, 4) is 0 Å². The van der Waals surface area contributed by atoms with Crippen LogP contribution in [-0.2, 0) is 18.6 Å². The molecule has 2 heterocycles. The summed E-state index contributed by atoms with van der Waals surface area (Å²) in [6.45, 7) is -1.79. The molecule has 0 aromatic heterocycles. The van der Waals surface area contributed by atoms with Crippen LogP contribution < -0.4 is 0 Å². The van der Waals surface area contributed by atoms with Gasteiger partial charge in [0.1, 0.15) is 49.3 Å². The molecular formula is C12H25O16P. The van der Waals surface area contributed by atoms with E-state index in [1.165, 1.54) is 0 Å². The van der Waals surface area contributed by atoms with Gasteiger partial charge in [-0.1, -0.05) is 0 Å². The van der Waals surface area contributed by atoms with Gasteiger partial charge in [0.25, 0.3) is 0 Å². The Kier molecular flexibility index (Phi) is 9.46. The molecule has 16 nitrogen and oxygen atoms in total. The van der Waals surface area contributed by atoms with Crippen LogP contribution in [0.15, 0.2) is 0 Å². The highest BCUT2D eigenvalue weighted by Gasteiger charge is 2.56. The second-order valence-electron chi connectivity index (χ2n) is 6.21. The summed E-state index contributed by atoms with van der Waals surface area (Å²) in [5.74, 6) is -2.73. The van der Waals surface area contributed by atoms with Gasteiger partial charge < -0.3 is 70.3 Å². The van der Waals surface area contributed by atoms with E-state index in [-0.39, 0.29) is 0 Å². The first-order valence-corrected chi connectivity index (χ1v) is 9.49. The molecule has 2 aliphatic rings. The van der Waals surface area contributed by atoms with Gasteiger partial charge in [0, 0.05) is 0 Å². The molecule has 2 saturated heterocycles. The minimum Gasteiger partial charge on any atom is -0.394 e. The molecule has 12 N–H and O–H groups in total. The Morgan fingerprint density at radius 3 is 1.76 bits per heavy atom. The van der Waals surface area contributed by atoms with Crippen molar-refractivity contribution in [3.05, 3.63) is 0 Å². The predicted molar refractivity (Wildman–Crippen MR) is 84.0 cm³/mol. The van der Waals surface area contributed by atoms with E-state index >= 15 is 0 Å². The molecule has 2 aliphatic heterocycles. The Bertz CT molecular complexity index is 553. The summed E-state index contributed by atoms with van der Waals surface area (Å²) >= 11 is 0. The van der Waals surface area contributed by atoms with Crippen molar-refractivity contribution < 1.29 is 79.4 Å². The lowest BCUT2D eigenvalue weighted by molar-refractivity contribution is -0.382. The molecule has 6 unspecified atom stereocenters. The molecule has 2 fully saturated rings. The van der Waals surface area contributed by atoms with Crippen molar-refractivity contribution in [2.24, 2.45) is 0 Å². The number of hydrogen-bond donors (Lipinski definition) is 12. The van der Waals surface area contributed by atoms with Crippen molar-refractivity contribution in [1.82, 2.24) is 0 Å². The van der Waals surface area contributed by atoms with Crippen LogP contribution in [0.4, 0.5) is 0 Å². The van der Waals surface area contributed by atoms with Crippen LogP contribution in [0.2, 0.25) is 0 Å². The van der Waals surface area contributed by atoms with Gasteiger partial charge in [0.15, 0.2) is 12.6 Å². The maximum atomic E-state index is 10.6. The summed E-state index contributed by atoms with van der Waals surface area (Å²) in [5.41, 5.74) is 0. The SMILES string of the molecule is O=P(O)(O)O[C@@]1(CO)OC(O)[C@H](O)[C@H](O)[C@@H]1O.OCC1OC(O)C(O)C(O)C1O. The van der Waals surface area contributed by atoms with Crippen molar-refractivity contribution in [1.29, 1.82) is 0 Å². The second kappa shape index (κ2) is 10.3. The highest BCUT2D eigenvalue weighted by Crippen LogP contribution is 2.45. The number of aliphatic hydroxyl groups is 10. The molecule has 0 radical (unpaired) electrons. The topological polar surface area (TPSA) is 288 Å². The van der Waals surface area contributed by atoms with Crippen molar-refractivity contribution in [3.63, 3.8) is 0 Å². The normalized spacial score (nSPS) is 46.0. The van der Waals surface area contributed by atoms with Crippen LogP contribution in [-0.4, -0.2) is 135 Å². The van der Waals surface area contributed by atoms with E-state index in [4.69, 9.17) is 50.6 Å². The van der Waals surface area contributed by atoms with Crippen LogP contribution in [0, 0.1) is 0 Å². The monoisotopic (exact) mass is 456 g/mol. The molecule has 10 atom stereocenters. The average molecular weight is 456 g/mol. The summed E-state index contributed by atoms with van der Waals surface area (Å²) in [5, 5.41) is 90.6. The van der Waals surface area contributed by atoms with Gasteiger partial charge in [0.2, 0.25) is 5.79 Å². The third kappa shape index (κ3) is 6.31. The second-order valence-corrected chi connectivity index (χ2v) is 7.37. The zero-order valence-electron chi connectivity index (χ0n) is 14.6. The lowest BCUT2D eigenvalue weighted by Crippen LogP contribution is -2.66. The minimum atomic E-state index is -5.18. The predicted octanol–water partition coefficient (Wildman–Crippen LogP) is -7.01. The molecule has 0 aromatic carbocycles. The highest BCUT2D eigenvalue weighted by molar-refractivity contribution is 7.46. The van der Waals surface area contributed by atoms with E-state index in [9.17, 15) is 14.8 Å². The van der Waals surface area contributed by atoms with Gasteiger partial charge in [0.05, 0.1) is 6.61 Å². The van der Waals surface area contributed by atoms with E-state index in [2.05, 4.69) is 14.0 Å². The Morgan fingerprint density at radius 2 is 1.31 bits per heavy atom. The van der Waals surface area contributed by atoms with E-state index in [0.29, 0.717) is 0 Å². The van der Waals surface area contributed by atoms with Gasteiger partial charge in [-0.25, -0.2) is 9.09 Å². The molecule has 2 rings (SSSR count). The zero-order valence-corrected chi connectivity index (χ0v) is 15.5. The van der Waals surface area contributed by atoms with Gasteiger partial charge >= 0.3 is 7.82 Å². The summed E-state index contributed by atoms with van der Waals surface area (Å²) < 4.78 is 23.7. The average Bonchev–Trinajstić information content (AvgIpc) is 2.65. The van der Waals surface area contributed by atoms with Crippen LogP contribution >= 0.6 is 7.82 Å². The number of ether oxygens (including phenoxy) is 2. The van der Waals surface area contributed by atoms with Crippen molar-refractivity contribution in [2.75, 3.05) is 13.2 Å². The number of aliphatic hydroxyl groups excluding tert-OH is 10. The standard InChI is InChI=1S/C6H13O10P.C6H12O6/c7-1-6(16-17(12,13)14)4(10)2(8)3(9)5(11)15-6;7-1-2-3(8)4(9)5(10)6(11)12-2/h2-5,7-11H,1H2,(H2,12,13,14);2-11H,1H2/t2-,3+,4-,5?,6+;/m0./s1. The van der Waals surface area contributed by atoms with Gasteiger partial charge in [-0.3, -0.25) is 0 Å². The molecular weight excluding hydrogens is 431 g/mol. The number of rotatable bonds is 4. The molecule has 0 bridgehead atoms. The molecule has 0 saturated carbocycles. The van der Waals surface area contributed by atoms with Crippen LogP contribution in [0.5, 0.6) is 0 Å². The quantitative estimate of drug-likeness (QED) is 0.175. The number of phosphoric acid groups is 1. The Balaban J connectivity index is 0.000000308. The lowest BCUT2D eigenvalue weighted by atomic mass is 9.96. The largest absolute Gasteiger partial charge is 0.472 e. The highest BCUT2D eigenvalue weighted by atomic mass is 31.2. The first-order chi connectivity index (χ1) is 13.2. The van der Waals surface area contributed by atoms with Crippen molar-refractivity contribution >= 4 is 7.82 Å². The van der Waals surface area contributed by atoms with Crippen LogP contribution in [0.3, 0.4) is 0 Å². The summed E-state index contributed by atoms with van der Waals surface area (Å²) in [6, 6.07) is 0. The van der Waals surface area contributed by atoms with Gasteiger partial charge in [-0.15, -0.1) is 0 Å². The van der Waals surface area contributed by atoms with Crippen LogP contribution in [0.1, 0.15) is 0 Å². The van der Waals surface area contributed by atoms with Gasteiger partial charge in [-0.2, -0.15) is 0 Å². The minimum absolute atomic E-state index is 0.526. The van der Waals surface area contributed by atoms with E-state index in [1.54, 1.807) is 0 Å².